The summed E-state index contributed by atoms with van der Waals surface area (Å²) in [6, 6.07) is 16.1. The van der Waals surface area contributed by atoms with Gasteiger partial charge in [-0.3, -0.25) is 14.5 Å². The summed E-state index contributed by atoms with van der Waals surface area (Å²) >= 11 is 1.56. The number of nitrogens with one attached hydrogen (secondary N) is 1. The number of carbonyl (C=O) groups is 2. The molecule has 2 aromatic carbocycles. The van der Waals surface area contributed by atoms with Gasteiger partial charge in [-0.1, -0.05) is 24.3 Å². The Hall–Kier alpha value is -2.31. The molecule has 3 rings (SSSR count). The van der Waals surface area contributed by atoms with Gasteiger partial charge in [0.1, 0.15) is 0 Å². The van der Waals surface area contributed by atoms with Crippen LogP contribution in [-0.4, -0.2) is 53.0 Å². The van der Waals surface area contributed by atoms with Crippen molar-refractivity contribution in [1.82, 2.24) is 9.80 Å². The van der Waals surface area contributed by atoms with Crippen LogP contribution < -0.4 is 5.32 Å². The predicted molar refractivity (Wildman–Crippen MR) is 119 cm³/mol. The van der Waals surface area contributed by atoms with E-state index in [9.17, 15) is 9.59 Å². The van der Waals surface area contributed by atoms with E-state index in [1.165, 1.54) is 18.1 Å². The molecule has 154 valence electrons. The second-order valence-electron chi connectivity index (χ2n) is 7.49. The average Bonchev–Trinajstić information content (AvgIpc) is 2.71. The smallest absolute Gasteiger partial charge is 0.235 e. The number of nitrogens with zero attached hydrogens (tertiary/aromatic N) is 2. The first-order valence-electron chi connectivity index (χ1n) is 10.0. The van der Waals surface area contributed by atoms with Gasteiger partial charge in [-0.15, -0.1) is 11.8 Å². The van der Waals surface area contributed by atoms with Crippen LogP contribution in [0.5, 0.6) is 0 Å². The van der Waals surface area contributed by atoms with Crippen LogP contribution in [0.15, 0.2) is 53.4 Å². The molecule has 0 aromatic heterocycles. The molecule has 1 atom stereocenters. The van der Waals surface area contributed by atoms with E-state index in [-0.39, 0.29) is 17.1 Å². The summed E-state index contributed by atoms with van der Waals surface area (Å²) in [5.41, 5.74) is 3.45. The van der Waals surface area contributed by atoms with Crippen molar-refractivity contribution in [3.63, 3.8) is 0 Å². The fraction of sp³-hybridized carbons (Fsp3) is 0.391. The van der Waals surface area contributed by atoms with E-state index in [4.69, 9.17) is 0 Å². The van der Waals surface area contributed by atoms with Gasteiger partial charge in [-0.2, -0.15) is 0 Å². The number of hydrogen-bond donors (Lipinski definition) is 1. The van der Waals surface area contributed by atoms with Crippen LogP contribution in [-0.2, 0) is 16.1 Å². The number of piperazine rings is 1. The Morgan fingerprint density at radius 1 is 1.03 bits per heavy atom. The third kappa shape index (κ3) is 6.08. The Bertz CT molecular complexity index is 845. The molecule has 0 bridgehead atoms. The molecule has 0 spiro atoms. The van der Waals surface area contributed by atoms with Gasteiger partial charge >= 0.3 is 0 Å². The Morgan fingerprint density at radius 2 is 1.69 bits per heavy atom. The molecule has 2 amide bonds. The lowest BCUT2D eigenvalue weighted by Crippen LogP contribution is -2.50. The number of rotatable bonds is 6. The molecule has 1 unspecified atom stereocenters. The Morgan fingerprint density at radius 3 is 2.31 bits per heavy atom. The van der Waals surface area contributed by atoms with Gasteiger partial charge in [0.05, 0.1) is 5.25 Å². The molecular weight excluding hydrogens is 382 g/mol. The SMILES string of the molecule is CC(=O)Nc1ccc(SC(C)C(=O)N2CCN(Cc3ccccc3C)CC2)cc1. The first-order valence-corrected chi connectivity index (χ1v) is 10.9. The minimum absolute atomic E-state index is 0.0875. The molecule has 5 nitrogen and oxygen atoms in total. The quantitative estimate of drug-likeness (QED) is 0.735. The van der Waals surface area contributed by atoms with Gasteiger partial charge < -0.3 is 10.2 Å². The number of anilines is 1. The largest absolute Gasteiger partial charge is 0.339 e. The van der Waals surface area contributed by atoms with Crippen molar-refractivity contribution in [2.45, 2.75) is 37.5 Å². The third-order valence-corrected chi connectivity index (χ3v) is 6.27. The summed E-state index contributed by atoms with van der Waals surface area (Å²) in [5, 5.41) is 2.62. The molecule has 1 heterocycles. The van der Waals surface area contributed by atoms with Gasteiger partial charge in [0.2, 0.25) is 11.8 Å². The number of amides is 2. The number of thioether (sulfide) groups is 1. The highest BCUT2D eigenvalue weighted by Gasteiger charge is 2.25. The molecule has 29 heavy (non-hydrogen) atoms. The van der Waals surface area contributed by atoms with E-state index in [0.29, 0.717) is 0 Å². The van der Waals surface area contributed by atoms with Crippen LogP contribution in [0.1, 0.15) is 25.0 Å². The molecule has 1 saturated heterocycles. The van der Waals surface area contributed by atoms with E-state index in [0.717, 1.165) is 43.3 Å². The van der Waals surface area contributed by atoms with Crippen LogP contribution in [0.25, 0.3) is 0 Å². The first-order chi connectivity index (χ1) is 13.9. The zero-order valence-electron chi connectivity index (χ0n) is 17.4. The summed E-state index contributed by atoms with van der Waals surface area (Å²) < 4.78 is 0. The Labute approximate surface area is 177 Å². The van der Waals surface area contributed by atoms with Gasteiger partial charge in [0, 0.05) is 50.2 Å². The molecule has 1 aliphatic rings. The standard InChI is InChI=1S/C23H29N3O2S/c1-17-6-4-5-7-20(17)16-25-12-14-26(15-13-25)23(28)18(2)29-22-10-8-21(9-11-22)24-19(3)27/h4-11,18H,12-16H2,1-3H3,(H,24,27). The van der Waals surface area contributed by atoms with Crippen LogP contribution in [0, 0.1) is 6.92 Å². The van der Waals surface area contributed by atoms with Crippen molar-refractivity contribution in [3.05, 3.63) is 59.7 Å². The fourth-order valence-electron chi connectivity index (χ4n) is 3.49. The molecule has 6 heteroatoms. The van der Waals surface area contributed by atoms with Crippen LogP contribution in [0.2, 0.25) is 0 Å². The molecule has 2 aromatic rings. The van der Waals surface area contributed by atoms with Gasteiger partial charge in [-0.25, -0.2) is 0 Å². The molecule has 1 fully saturated rings. The zero-order chi connectivity index (χ0) is 20.8. The van der Waals surface area contributed by atoms with Crippen molar-refractivity contribution >= 4 is 29.3 Å². The normalized spacial score (nSPS) is 15.8. The highest BCUT2D eigenvalue weighted by molar-refractivity contribution is 8.00. The Balaban J connectivity index is 1.48. The maximum absolute atomic E-state index is 12.9. The van der Waals surface area contributed by atoms with E-state index in [2.05, 4.69) is 41.4 Å². The van der Waals surface area contributed by atoms with Gasteiger partial charge in [0.15, 0.2) is 0 Å². The third-order valence-electron chi connectivity index (χ3n) is 5.17. The van der Waals surface area contributed by atoms with E-state index in [1.807, 2.05) is 36.1 Å². The van der Waals surface area contributed by atoms with Crippen LogP contribution in [0.3, 0.4) is 0 Å². The van der Waals surface area contributed by atoms with E-state index >= 15 is 0 Å². The van der Waals surface area contributed by atoms with E-state index < -0.39 is 0 Å². The minimum atomic E-state index is -0.135. The van der Waals surface area contributed by atoms with Crippen molar-refractivity contribution < 1.29 is 9.59 Å². The summed E-state index contributed by atoms with van der Waals surface area (Å²) in [4.78, 5) is 29.4. The molecule has 1 N–H and O–H groups in total. The topological polar surface area (TPSA) is 52.7 Å². The lowest BCUT2D eigenvalue weighted by atomic mass is 10.1. The summed E-state index contributed by atoms with van der Waals surface area (Å²) in [5.74, 6) is 0.104. The highest BCUT2D eigenvalue weighted by atomic mass is 32.2. The van der Waals surface area contributed by atoms with Crippen molar-refractivity contribution in [2.75, 3.05) is 31.5 Å². The predicted octanol–water partition coefficient (Wildman–Crippen LogP) is 3.78. The number of aryl methyl sites for hydroxylation is 1. The molecule has 0 aliphatic carbocycles. The first kappa shape index (κ1) is 21.4. The van der Waals surface area contributed by atoms with Gasteiger partial charge in [-0.05, 0) is 49.2 Å². The summed E-state index contributed by atoms with van der Waals surface area (Å²) in [7, 11) is 0. The molecule has 1 aliphatic heterocycles. The average molecular weight is 412 g/mol. The van der Waals surface area contributed by atoms with Gasteiger partial charge in [0.25, 0.3) is 0 Å². The lowest BCUT2D eigenvalue weighted by Gasteiger charge is -2.36. The highest BCUT2D eigenvalue weighted by Crippen LogP contribution is 2.26. The van der Waals surface area contributed by atoms with Crippen LogP contribution in [0.4, 0.5) is 5.69 Å². The van der Waals surface area contributed by atoms with Crippen molar-refractivity contribution in [3.8, 4) is 0 Å². The molecular formula is C23H29N3O2S. The van der Waals surface area contributed by atoms with Crippen molar-refractivity contribution in [2.24, 2.45) is 0 Å². The number of carbonyl (C=O) groups excluding carboxylic acids is 2. The lowest BCUT2D eigenvalue weighted by molar-refractivity contribution is -0.132. The Kier molecular flexibility index (Phi) is 7.34. The van der Waals surface area contributed by atoms with Crippen LogP contribution >= 0.6 is 11.8 Å². The maximum Gasteiger partial charge on any atom is 0.235 e. The zero-order valence-corrected chi connectivity index (χ0v) is 18.2. The van der Waals surface area contributed by atoms with E-state index in [1.54, 1.807) is 11.8 Å². The summed E-state index contributed by atoms with van der Waals surface area (Å²) in [6.45, 7) is 9.91. The molecule has 0 saturated carbocycles. The van der Waals surface area contributed by atoms with Crippen molar-refractivity contribution in [1.29, 1.82) is 0 Å². The number of hydrogen-bond acceptors (Lipinski definition) is 4. The second kappa shape index (κ2) is 9.94. The minimum Gasteiger partial charge on any atom is -0.339 e. The fourth-order valence-corrected chi connectivity index (χ4v) is 4.44. The maximum atomic E-state index is 12.9. The number of benzene rings is 2. The summed E-state index contributed by atoms with van der Waals surface area (Å²) in [6.07, 6.45) is 0. The monoisotopic (exact) mass is 411 g/mol. The second-order valence-corrected chi connectivity index (χ2v) is 8.91. The molecule has 0 radical (unpaired) electrons.